The zero-order valence-electron chi connectivity index (χ0n) is 9.92. The highest BCUT2D eigenvalue weighted by Crippen LogP contribution is 2.08. The molecule has 3 heteroatoms. The number of carbonyl (C=O) groups excluding carboxylic acids is 1. The lowest BCUT2D eigenvalue weighted by Gasteiger charge is -2.28. The lowest BCUT2D eigenvalue weighted by atomic mass is 10.1. The molecule has 2 N–H and O–H groups in total. The van der Waals surface area contributed by atoms with Crippen LogP contribution in [-0.4, -0.2) is 29.9 Å². The highest BCUT2D eigenvalue weighted by molar-refractivity contribution is 5.81. The maximum atomic E-state index is 11.8. The van der Waals surface area contributed by atoms with E-state index in [4.69, 9.17) is 5.73 Å². The maximum absolute atomic E-state index is 11.8. The molecule has 0 fully saturated rings. The standard InChI is InChI=1S/C11H24N2O/c1-5-8-10(12)11(14)13(4)9(6-2)7-3/h9-10H,5-8,12H2,1-4H3/t10-/m0/s1. The predicted octanol–water partition coefficient (Wildman–Crippen LogP) is 1.76. The van der Waals surface area contributed by atoms with Crippen molar-refractivity contribution < 1.29 is 4.79 Å². The van der Waals surface area contributed by atoms with Crippen LogP contribution in [-0.2, 0) is 4.79 Å². The third kappa shape index (κ3) is 3.66. The lowest BCUT2D eigenvalue weighted by molar-refractivity contribution is -0.133. The van der Waals surface area contributed by atoms with Crippen molar-refractivity contribution in [1.29, 1.82) is 0 Å². The first-order chi connectivity index (χ1) is 6.58. The van der Waals surface area contributed by atoms with Crippen LogP contribution >= 0.6 is 0 Å². The van der Waals surface area contributed by atoms with Crippen LogP contribution in [0.3, 0.4) is 0 Å². The van der Waals surface area contributed by atoms with Crippen LogP contribution in [0.25, 0.3) is 0 Å². The Bertz CT molecular complexity index is 167. The van der Waals surface area contributed by atoms with Gasteiger partial charge in [0.25, 0.3) is 0 Å². The number of hydrogen-bond donors (Lipinski definition) is 1. The van der Waals surface area contributed by atoms with Crippen LogP contribution < -0.4 is 5.73 Å². The van der Waals surface area contributed by atoms with Gasteiger partial charge in [0.05, 0.1) is 6.04 Å². The number of rotatable bonds is 6. The monoisotopic (exact) mass is 200 g/mol. The summed E-state index contributed by atoms with van der Waals surface area (Å²) in [5.74, 6) is 0.0838. The van der Waals surface area contributed by atoms with Gasteiger partial charge in [-0.3, -0.25) is 4.79 Å². The first kappa shape index (κ1) is 13.4. The number of hydrogen-bond acceptors (Lipinski definition) is 2. The first-order valence-electron chi connectivity index (χ1n) is 5.60. The molecule has 0 saturated carbocycles. The molecule has 1 atom stereocenters. The largest absolute Gasteiger partial charge is 0.341 e. The first-order valence-corrected chi connectivity index (χ1v) is 5.60. The van der Waals surface area contributed by atoms with Gasteiger partial charge in [-0.1, -0.05) is 27.2 Å². The van der Waals surface area contributed by atoms with E-state index < -0.39 is 0 Å². The van der Waals surface area contributed by atoms with Crippen LogP contribution in [0.2, 0.25) is 0 Å². The Balaban J connectivity index is 4.21. The second-order valence-corrected chi connectivity index (χ2v) is 3.81. The molecule has 0 heterocycles. The summed E-state index contributed by atoms with van der Waals surface area (Å²) >= 11 is 0. The summed E-state index contributed by atoms with van der Waals surface area (Å²) in [6, 6.07) is 0.0241. The number of likely N-dealkylation sites (N-methyl/N-ethyl adjacent to an activating group) is 1. The van der Waals surface area contributed by atoms with Gasteiger partial charge >= 0.3 is 0 Å². The summed E-state index contributed by atoms with van der Waals surface area (Å²) in [4.78, 5) is 13.6. The van der Waals surface area contributed by atoms with Gasteiger partial charge in [0.15, 0.2) is 0 Å². The van der Waals surface area contributed by atoms with Crippen molar-refractivity contribution in [1.82, 2.24) is 4.90 Å². The lowest BCUT2D eigenvalue weighted by Crippen LogP contribution is -2.46. The Kier molecular flexibility index (Phi) is 6.54. The summed E-state index contributed by atoms with van der Waals surface area (Å²) in [6.45, 7) is 6.25. The minimum absolute atomic E-state index is 0.0838. The van der Waals surface area contributed by atoms with E-state index in [9.17, 15) is 4.79 Å². The molecule has 3 nitrogen and oxygen atoms in total. The maximum Gasteiger partial charge on any atom is 0.239 e. The van der Waals surface area contributed by atoms with E-state index in [2.05, 4.69) is 13.8 Å². The van der Waals surface area contributed by atoms with Gasteiger partial charge in [0, 0.05) is 13.1 Å². The minimum atomic E-state index is -0.314. The van der Waals surface area contributed by atoms with Crippen LogP contribution in [0.5, 0.6) is 0 Å². The summed E-state index contributed by atoms with van der Waals surface area (Å²) in [5, 5.41) is 0. The molecular formula is C11H24N2O. The van der Waals surface area contributed by atoms with E-state index in [0.29, 0.717) is 6.04 Å². The molecule has 0 aromatic carbocycles. The van der Waals surface area contributed by atoms with E-state index in [1.165, 1.54) is 0 Å². The topological polar surface area (TPSA) is 46.3 Å². The molecule has 0 bridgehead atoms. The molecule has 0 spiro atoms. The number of carbonyl (C=O) groups is 1. The molecule has 0 radical (unpaired) electrons. The minimum Gasteiger partial charge on any atom is -0.341 e. The molecule has 0 aromatic heterocycles. The fourth-order valence-electron chi connectivity index (χ4n) is 1.71. The third-order valence-corrected chi connectivity index (χ3v) is 2.75. The quantitative estimate of drug-likeness (QED) is 0.710. The zero-order chi connectivity index (χ0) is 11.1. The Morgan fingerprint density at radius 1 is 1.29 bits per heavy atom. The molecule has 14 heavy (non-hydrogen) atoms. The normalized spacial score (nSPS) is 13.0. The molecule has 1 amide bonds. The Labute approximate surface area is 87.6 Å². The molecular weight excluding hydrogens is 176 g/mol. The van der Waals surface area contributed by atoms with Gasteiger partial charge < -0.3 is 10.6 Å². The van der Waals surface area contributed by atoms with Crippen LogP contribution in [0.1, 0.15) is 46.5 Å². The van der Waals surface area contributed by atoms with E-state index in [1.54, 1.807) is 4.90 Å². The second-order valence-electron chi connectivity index (χ2n) is 3.81. The summed E-state index contributed by atoms with van der Waals surface area (Å²) in [7, 11) is 1.86. The summed E-state index contributed by atoms with van der Waals surface area (Å²) in [5.41, 5.74) is 5.78. The predicted molar refractivity (Wildman–Crippen MR) is 60.0 cm³/mol. The molecule has 0 aliphatic rings. The van der Waals surface area contributed by atoms with E-state index >= 15 is 0 Å². The van der Waals surface area contributed by atoms with Crippen molar-refractivity contribution in [2.24, 2.45) is 5.73 Å². The third-order valence-electron chi connectivity index (χ3n) is 2.75. The van der Waals surface area contributed by atoms with Crippen molar-refractivity contribution in [3.05, 3.63) is 0 Å². The van der Waals surface area contributed by atoms with Gasteiger partial charge in [-0.25, -0.2) is 0 Å². The second kappa shape index (κ2) is 6.82. The Morgan fingerprint density at radius 2 is 1.79 bits per heavy atom. The number of nitrogens with two attached hydrogens (primary N) is 1. The summed E-state index contributed by atoms with van der Waals surface area (Å²) < 4.78 is 0. The molecule has 0 aromatic rings. The van der Waals surface area contributed by atoms with Gasteiger partial charge in [0.2, 0.25) is 5.91 Å². The average Bonchev–Trinajstić information content (AvgIpc) is 2.18. The Hall–Kier alpha value is -0.570. The van der Waals surface area contributed by atoms with Crippen molar-refractivity contribution >= 4 is 5.91 Å². The highest BCUT2D eigenvalue weighted by Gasteiger charge is 2.21. The fourth-order valence-corrected chi connectivity index (χ4v) is 1.71. The van der Waals surface area contributed by atoms with Gasteiger partial charge in [0.1, 0.15) is 0 Å². The van der Waals surface area contributed by atoms with Gasteiger partial charge in [-0.2, -0.15) is 0 Å². The van der Waals surface area contributed by atoms with Crippen molar-refractivity contribution in [3.8, 4) is 0 Å². The SMILES string of the molecule is CCC[C@H](N)C(=O)N(C)C(CC)CC. The number of amides is 1. The van der Waals surface area contributed by atoms with Crippen LogP contribution in [0.15, 0.2) is 0 Å². The molecule has 0 saturated heterocycles. The number of nitrogens with zero attached hydrogens (tertiary/aromatic N) is 1. The highest BCUT2D eigenvalue weighted by atomic mass is 16.2. The molecule has 0 aliphatic heterocycles. The molecule has 0 unspecified atom stereocenters. The van der Waals surface area contributed by atoms with Gasteiger partial charge in [-0.05, 0) is 19.3 Å². The molecule has 84 valence electrons. The summed E-state index contributed by atoms with van der Waals surface area (Å²) in [6.07, 6.45) is 3.74. The smallest absolute Gasteiger partial charge is 0.239 e. The van der Waals surface area contributed by atoms with E-state index in [1.807, 2.05) is 14.0 Å². The van der Waals surface area contributed by atoms with E-state index in [-0.39, 0.29) is 11.9 Å². The van der Waals surface area contributed by atoms with Crippen molar-refractivity contribution in [2.75, 3.05) is 7.05 Å². The van der Waals surface area contributed by atoms with Crippen LogP contribution in [0.4, 0.5) is 0 Å². The molecule has 0 rings (SSSR count). The van der Waals surface area contributed by atoms with Crippen molar-refractivity contribution in [3.63, 3.8) is 0 Å². The van der Waals surface area contributed by atoms with Crippen LogP contribution in [0, 0.1) is 0 Å². The molecule has 0 aliphatic carbocycles. The van der Waals surface area contributed by atoms with E-state index in [0.717, 1.165) is 25.7 Å². The zero-order valence-corrected chi connectivity index (χ0v) is 9.92. The van der Waals surface area contributed by atoms with Gasteiger partial charge in [-0.15, -0.1) is 0 Å². The Morgan fingerprint density at radius 3 is 2.14 bits per heavy atom. The average molecular weight is 200 g/mol. The van der Waals surface area contributed by atoms with Crippen molar-refractivity contribution in [2.45, 2.75) is 58.5 Å². The fraction of sp³-hybridized carbons (Fsp3) is 0.909.